The first kappa shape index (κ1) is 28.8. The number of carbonyl (C=O) groups is 2. The van der Waals surface area contributed by atoms with Crippen molar-refractivity contribution in [2.75, 3.05) is 26.7 Å². The lowest BCUT2D eigenvalue weighted by Gasteiger charge is -2.20. The lowest BCUT2D eigenvalue weighted by atomic mass is 9.99. The molecule has 210 valence electrons. The number of rotatable bonds is 11. The molecule has 0 bridgehead atoms. The van der Waals surface area contributed by atoms with Gasteiger partial charge in [0.2, 0.25) is 5.89 Å². The second kappa shape index (κ2) is 11.9. The molecule has 1 aliphatic carbocycles. The van der Waals surface area contributed by atoms with E-state index in [1.54, 1.807) is 12.1 Å². The van der Waals surface area contributed by atoms with Crippen LogP contribution in [0.4, 0.5) is 4.79 Å². The van der Waals surface area contributed by atoms with E-state index in [0.717, 1.165) is 28.6 Å². The fourth-order valence-corrected chi connectivity index (χ4v) is 4.76. The molecule has 2 N–H and O–H groups in total. The Morgan fingerprint density at radius 1 is 1.18 bits per heavy atom. The van der Waals surface area contributed by atoms with Crippen LogP contribution in [0, 0.1) is 13.8 Å². The number of aromatic nitrogens is 3. The maximum atomic E-state index is 14.1. The Kier molecular flexibility index (Phi) is 8.80. The first-order valence-electron chi connectivity index (χ1n) is 13.1. The third kappa shape index (κ3) is 6.88. The zero-order valence-electron chi connectivity index (χ0n) is 23.3. The van der Waals surface area contributed by atoms with E-state index in [0.29, 0.717) is 60.0 Å². The van der Waals surface area contributed by atoms with Crippen molar-refractivity contribution in [2.24, 2.45) is 0 Å². The van der Waals surface area contributed by atoms with Crippen LogP contribution in [0.5, 0.6) is 5.75 Å². The minimum Gasteiger partial charge on any atom is -0.491 e. The van der Waals surface area contributed by atoms with Crippen molar-refractivity contribution in [3.63, 3.8) is 0 Å². The second-order valence-electron chi connectivity index (χ2n) is 10.7. The Labute approximate surface area is 237 Å². The number of halogens is 1. The van der Waals surface area contributed by atoms with E-state index >= 15 is 0 Å². The maximum absolute atomic E-state index is 14.1. The van der Waals surface area contributed by atoms with Gasteiger partial charge in [0.1, 0.15) is 23.7 Å². The number of ether oxygens (including phenoxy) is 2. The largest absolute Gasteiger partial charge is 0.491 e. The fourth-order valence-electron chi connectivity index (χ4n) is 4.40. The average molecular weight is 603 g/mol. The predicted molar refractivity (Wildman–Crippen MR) is 150 cm³/mol. The Balaban J connectivity index is 1.71. The smallest absolute Gasteiger partial charge is 0.407 e. The van der Waals surface area contributed by atoms with Crippen LogP contribution in [0.3, 0.4) is 0 Å². The second-order valence-corrected chi connectivity index (χ2v) is 11.6. The highest BCUT2D eigenvalue weighted by molar-refractivity contribution is 9.10. The molecule has 11 heteroatoms. The van der Waals surface area contributed by atoms with Gasteiger partial charge in [-0.05, 0) is 78.3 Å². The summed E-state index contributed by atoms with van der Waals surface area (Å²) in [6.45, 7) is 10.9. The quantitative estimate of drug-likeness (QED) is 0.229. The minimum atomic E-state index is -0.602. The van der Waals surface area contributed by atoms with E-state index in [-0.39, 0.29) is 12.3 Å². The van der Waals surface area contributed by atoms with Crippen molar-refractivity contribution in [3.05, 3.63) is 50.9 Å². The topological polar surface area (TPSA) is 121 Å². The highest BCUT2D eigenvalue weighted by Gasteiger charge is 2.32. The number of likely N-dealkylation sites (N-methyl/N-ethyl adjacent to an activating group) is 1. The number of carbonyl (C=O) groups excluding carboxylic acids is 2. The summed E-state index contributed by atoms with van der Waals surface area (Å²) < 4.78 is 20.1. The third-order valence-electron chi connectivity index (χ3n) is 6.36. The Bertz CT molecular complexity index is 1350. The van der Waals surface area contributed by atoms with Crippen molar-refractivity contribution in [1.82, 2.24) is 25.4 Å². The molecule has 2 aromatic heterocycles. The standard InChI is InChI=1S/C28H36BrN5O5/c1-16-22(24(35)20-15-19(29)9-10-21(20)37-14-12-30-6)17(2)34(13-11-31-27(36)39-28(3,4)5)23(16)26-33-32-25(38-26)18-7-8-18/h9-10,15,18,30H,7-8,11-14H2,1-6H3,(H,31,36). The molecule has 0 radical (unpaired) electrons. The van der Waals surface area contributed by atoms with Gasteiger partial charge in [-0.15, -0.1) is 10.2 Å². The Morgan fingerprint density at radius 2 is 1.92 bits per heavy atom. The SMILES string of the molecule is CNCCOc1ccc(Br)cc1C(=O)c1c(C)c(-c2nnc(C3CC3)o2)n(CCNC(=O)OC(C)(C)C)c1C. The van der Waals surface area contributed by atoms with E-state index in [1.807, 2.05) is 52.3 Å². The molecular formula is C28H36BrN5O5. The number of benzene rings is 1. The van der Waals surface area contributed by atoms with Gasteiger partial charge in [-0.1, -0.05) is 15.9 Å². The Morgan fingerprint density at radius 3 is 2.59 bits per heavy atom. The summed E-state index contributed by atoms with van der Waals surface area (Å²) in [7, 11) is 1.85. The summed E-state index contributed by atoms with van der Waals surface area (Å²) >= 11 is 3.49. The summed E-state index contributed by atoms with van der Waals surface area (Å²) in [5.41, 5.74) is 2.49. The van der Waals surface area contributed by atoms with Gasteiger partial charge in [0, 0.05) is 41.3 Å². The highest BCUT2D eigenvalue weighted by Crippen LogP contribution is 2.41. The first-order chi connectivity index (χ1) is 18.5. The van der Waals surface area contributed by atoms with Gasteiger partial charge in [-0.2, -0.15) is 0 Å². The van der Waals surface area contributed by atoms with Crippen molar-refractivity contribution in [3.8, 4) is 17.3 Å². The zero-order chi connectivity index (χ0) is 28.3. The molecule has 0 aliphatic heterocycles. The zero-order valence-corrected chi connectivity index (χ0v) is 24.9. The molecule has 39 heavy (non-hydrogen) atoms. The number of nitrogens with zero attached hydrogens (tertiary/aromatic N) is 3. The Hall–Kier alpha value is -3.18. The van der Waals surface area contributed by atoms with E-state index in [2.05, 4.69) is 36.8 Å². The average Bonchev–Trinajstić information content (AvgIpc) is 3.54. The van der Waals surface area contributed by atoms with Crippen LogP contribution < -0.4 is 15.4 Å². The molecule has 2 heterocycles. The molecule has 3 aromatic rings. The van der Waals surface area contributed by atoms with Gasteiger partial charge < -0.3 is 29.1 Å². The van der Waals surface area contributed by atoms with Crippen molar-refractivity contribution in [1.29, 1.82) is 0 Å². The fraction of sp³-hybridized carbons (Fsp3) is 0.500. The molecule has 0 saturated heterocycles. The summed E-state index contributed by atoms with van der Waals surface area (Å²) in [4.78, 5) is 26.3. The molecule has 10 nitrogen and oxygen atoms in total. The summed E-state index contributed by atoms with van der Waals surface area (Å²) in [5, 5.41) is 14.4. The van der Waals surface area contributed by atoms with Crippen molar-refractivity contribution < 1.29 is 23.5 Å². The number of hydrogen-bond donors (Lipinski definition) is 2. The van der Waals surface area contributed by atoms with E-state index < -0.39 is 11.7 Å². The van der Waals surface area contributed by atoms with Gasteiger partial charge in [0.05, 0.1) is 5.56 Å². The molecule has 1 aromatic carbocycles. The van der Waals surface area contributed by atoms with Crippen molar-refractivity contribution >= 4 is 27.8 Å². The monoisotopic (exact) mass is 601 g/mol. The number of alkyl carbamates (subject to hydrolysis) is 1. The predicted octanol–water partition coefficient (Wildman–Crippen LogP) is 5.15. The van der Waals surface area contributed by atoms with Crippen LogP contribution in [0.15, 0.2) is 27.1 Å². The molecule has 1 saturated carbocycles. The molecule has 1 fully saturated rings. The molecule has 1 aliphatic rings. The van der Waals surface area contributed by atoms with Gasteiger partial charge in [0.25, 0.3) is 5.89 Å². The molecule has 0 unspecified atom stereocenters. The van der Waals surface area contributed by atoms with Gasteiger partial charge >= 0.3 is 6.09 Å². The number of nitrogens with one attached hydrogen (secondary N) is 2. The van der Waals surface area contributed by atoms with Crippen LogP contribution in [0.2, 0.25) is 0 Å². The molecule has 1 amide bonds. The normalized spacial score (nSPS) is 13.4. The first-order valence-corrected chi connectivity index (χ1v) is 13.9. The van der Waals surface area contributed by atoms with Gasteiger partial charge in [-0.25, -0.2) is 4.79 Å². The van der Waals surface area contributed by atoms with E-state index in [9.17, 15) is 9.59 Å². The third-order valence-corrected chi connectivity index (χ3v) is 6.86. The van der Waals surface area contributed by atoms with Gasteiger partial charge in [-0.3, -0.25) is 4.79 Å². The van der Waals surface area contributed by atoms with Crippen molar-refractivity contribution in [2.45, 2.75) is 65.5 Å². The van der Waals surface area contributed by atoms with Crippen LogP contribution in [0.1, 0.15) is 72.6 Å². The van der Waals surface area contributed by atoms with E-state index in [1.165, 1.54) is 0 Å². The molecular weight excluding hydrogens is 566 g/mol. The van der Waals surface area contributed by atoms with Crippen LogP contribution in [-0.2, 0) is 11.3 Å². The number of hydrogen-bond acceptors (Lipinski definition) is 8. The molecule has 0 spiro atoms. The number of ketones is 1. The van der Waals surface area contributed by atoms with Crippen LogP contribution in [0.25, 0.3) is 11.6 Å². The number of amides is 1. The molecule has 0 atom stereocenters. The lowest BCUT2D eigenvalue weighted by molar-refractivity contribution is 0.0526. The maximum Gasteiger partial charge on any atom is 0.407 e. The summed E-state index contributed by atoms with van der Waals surface area (Å²) in [5.74, 6) is 1.60. The summed E-state index contributed by atoms with van der Waals surface area (Å²) in [6.07, 6.45) is 1.56. The lowest BCUT2D eigenvalue weighted by Crippen LogP contribution is -2.34. The van der Waals surface area contributed by atoms with E-state index in [4.69, 9.17) is 13.9 Å². The van der Waals surface area contributed by atoms with Gasteiger partial charge in [0.15, 0.2) is 5.78 Å². The van der Waals surface area contributed by atoms with Crippen LogP contribution in [-0.4, -0.2) is 59.0 Å². The van der Waals surface area contributed by atoms with Crippen LogP contribution >= 0.6 is 15.9 Å². The highest BCUT2D eigenvalue weighted by atomic mass is 79.9. The molecule has 4 rings (SSSR count). The minimum absolute atomic E-state index is 0.173. The summed E-state index contributed by atoms with van der Waals surface area (Å²) in [6, 6.07) is 5.41.